The zero-order chi connectivity index (χ0) is 20.3. The van der Waals surface area contributed by atoms with Gasteiger partial charge in [0, 0.05) is 24.8 Å². The lowest BCUT2D eigenvalue weighted by Crippen LogP contribution is -2.14. The van der Waals surface area contributed by atoms with E-state index in [0.717, 1.165) is 12.8 Å². The van der Waals surface area contributed by atoms with E-state index in [1.165, 1.54) is 25.5 Å². The van der Waals surface area contributed by atoms with Crippen molar-refractivity contribution in [2.75, 3.05) is 5.32 Å². The molecule has 1 aliphatic rings. The van der Waals surface area contributed by atoms with Crippen LogP contribution in [-0.2, 0) is 0 Å². The minimum absolute atomic E-state index is 0.168. The number of amides is 1. The summed E-state index contributed by atoms with van der Waals surface area (Å²) < 4.78 is 7.35. The van der Waals surface area contributed by atoms with Gasteiger partial charge in [-0.05, 0) is 12.8 Å². The zero-order valence-corrected chi connectivity index (χ0v) is 16.2. The fourth-order valence-electron chi connectivity index (χ4n) is 3.69. The maximum Gasteiger partial charge on any atom is 0.277 e. The zero-order valence-electron chi connectivity index (χ0n) is 16.2. The number of carbonyl (C=O) groups excluding carboxylic acids is 1. The van der Waals surface area contributed by atoms with Crippen LogP contribution in [0.5, 0.6) is 0 Å². The molecule has 10 nitrogen and oxygen atoms in total. The second-order valence-electron chi connectivity index (χ2n) is 7.23. The molecule has 4 heterocycles. The molecule has 1 amide bonds. The van der Waals surface area contributed by atoms with Gasteiger partial charge in [0.25, 0.3) is 5.91 Å². The molecule has 4 aromatic heterocycles. The normalized spacial score (nSPS) is 14.7. The number of H-pyrrole nitrogens is 1. The Balaban J connectivity index is 1.44. The molecule has 5 rings (SSSR count). The van der Waals surface area contributed by atoms with Gasteiger partial charge in [-0.3, -0.25) is 24.5 Å². The van der Waals surface area contributed by atoms with E-state index in [9.17, 15) is 4.79 Å². The van der Waals surface area contributed by atoms with Gasteiger partial charge in [0.1, 0.15) is 17.7 Å². The third kappa shape index (κ3) is 3.59. The van der Waals surface area contributed by atoms with Crippen LogP contribution in [0, 0.1) is 0 Å². The highest BCUT2D eigenvalue weighted by molar-refractivity contribution is 6.04. The first kappa shape index (κ1) is 18.2. The first-order valence-electron chi connectivity index (χ1n) is 9.89. The van der Waals surface area contributed by atoms with Crippen LogP contribution in [0.25, 0.3) is 22.8 Å². The molecular formula is C20H20N8O2. The third-order valence-electron chi connectivity index (χ3n) is 5.22. The molecule has 2 N–H and O–H groups in total. The summed E-state index contributed by atoms with van der Waals surface area (Å²) in [6.45, 7) is 0. The molecule has 4 aromatic rings. The van der Waals surface area contributed by atoms with E-state index in [2.05, 4.69) is 30.5 Å². The fourth-order valence-corrected chi connectivity index (χ4v) is 3.69. The molecular weight excluding hydrogens is 384 g/mol. The van der Waals surface area contributed by atoms with Crippen molar-refractivity contribution < 1.29 is 9.21 Å². The molecule has 0 aliphatic heterocycles. The Morgan fingerprint density at radius 1 is 1.20 bits per heavy atom. The maximum atomic E-state index is 12.8. The number of carbonyl (C=O) groups is 1. The number of rotatable bonds is 5. The van der Waals surface area contributed by atoms with Gasteiger partial charge in [0.2, 0.25) is 5.89 Å². The summed E-state index contributed by atoms with van der Waals surface area (Å²) in [6, 6.07) is 0.319. The van der Waals surface area contributed by atoms with Crippen molar-refractivity contribution in [3.05, 3.63) is 49.1 Å². The van der Waals surface area contributed by atoms with Crippen LogP contribution < -0.4 is 5.32 Å². The number of anilines is 1. The topological polar surface area (TPSA) is 127 Å². The number of oxazole rings is 1. The average Bonchev–Trinajstić information content (AvgIpc) is 3.55. The van der Waals surface area contributed by atoms with Gasteiger partial charge in [-0.15, -0.1) is 0 Å². The predicted molar refractivity (Wildman–Crippen MR) is 107 cm³/mol. The molecule has 0 unspecified atom stereocenters. The highest BCUT2D eigenvalue weighted by Crippen LogP contribution is 2.32. The van der Waals surface area contributed by atoms with E-state index in [0.29, 0.717) is 34.6 Å². The van der Waals surface area contributed by atoms with Crippen LogP contribution in [0.1, 0.15) is 48.6 Å². The number of aromatic nitrogens is 7. The average molecular weight is 404 g/mol. The highest BCUT2D eigenvalue weighted by Gasteiger charge is 2.22. The minimum atomic E-state index is -0.387. The van der Waals surface area contributed by atoms with E-state index in [-0.39, 0.29) is 11.6 Å². The largest absolute Gasteiger partial charge is 0.444 e. The van der Waals surface area contributed by atoms with E-state index < -0.39 is 0 Å². The summed E-state index contributed by atoms with van der Waals surface area (Å²) in [7, 11) is 0. The summed E-state index contributed by atoms with van der Waals surface area (Å²) in [6.07, 6.45) is 17.0. The van der Waals surface area contributed by atoms with Crippen molar-refractivity contribution in [1.29, 1.82) is 0 Å². The Labute approximate surface area is 171 Å². The van der Waals surface area contributed by atoms with Crippen molar-refractivity contribution in [2.45, 2.75) is 38.1 Å². The molecule has 0 saturated heterocycles. The van der Waals surface area contributed by atoms with Crippen LogP contribution in [0.2, 0.25) is 0 Å². The summed E-state index contributed by atoms with van der Waals surface area (Å²) in [5, 5.41) is 14.2. The second-order valence-corrected chi connectivity index (χ2v) is 7.23. The maximum absolute atomic E-state index is 12.8. The lowest BCUT2D eigenvalue weighted by atomic mass is 9.96. The Morgan fingerprint density at radius 3 is 2.87 bits per heavy atom. The van der Waals surface area contributed by atoms with Crippen LogP contribution >= 0.6 is 0 Å². The van der Waals surface area contributed by atoms with Crippen molar-refractivity contribution in [3.63, 3.8) is 0 Å². The minimum Gasteiger partial charge on any atom is -0.444 e. The van der Waals surface area contributed by atoms with E-state index in [1.54, 1.807) is 31.0 Å². The molecule has 1 aliphatic carbocycles. The number of nitrogens with one attached hydrogen (secondary N) is 2. The highest BCUT2D eigenvalue weighted by atomic mass is 16.3. The molecule has 0 atom stereocenters. The molecule has 0 spiro atoms. The Kier molecular flexibility index (Phi) is 4.80. The molecule has 152 valence electrons. The molecule has 1 fully saturated rings. The number of nitrogens with zero attached hydrogens (tertiary/aromatic N) is 6. The molecule has 10 heteroatoms. The Morgan fingerprint density at radius 2 is 2.10 bits per heavy atom. The summed E-state index contributed by atoms with van der Waals surface area (Å²) in [5.41, 5.74) is 2.59. The van der Waals surface area contributed by atoms with Crippen LogP contribution in [-0.4, -0.2) is 40.8 Å². The van der Waals surface area contributed by atoms with E-state index in [1.807, 2.05) is 10.9 Å². The molecule has 0 aromatic carbocycles. The number of aromatic amines is 1. The lowest BCUT2D eigenvalue weighted by Gasteiger charge is -2.21. The van der Waals surface area contributed by atoms with Gasteiger partial charge in [0.05, 0.1) is 29.7 Å². The first-order chi connectivity index (χ1) is 14.8. The third-order valence-corrected chi connectivity index (χ3v) is 5.22. The summed E-state index contributed by atoms with van der Waals surface area (Å²) in [4.78, 5) is 25.6. The van der Waals surface area contributed by atoms with Gasteiger partial charge in [-0.1, -0.05) is 19.3 Å². The quantitative estimate of drug-likeness (QED) is 0.521. The van der Waals surface area contributed by atoms with E-state index in [4.69, 9.17) is 9.52 Å². The van der Waals surface area contributed by atoms with Crippen LogP contribution in [0.3, 0.4) is 0 Å². The van der Waals surface area contributed by atoms with Gasteiger partial charge in [-0.2, -0.15) is 10.2 Å². The molecule has 1 saturated carbocycles. The van der Waals surface area contributed by atoms with Crippen molar-refractivity contribution in [3.8, 4) is 22.8 Å². The van der Waals surface area contributed by atoms with Gasteiger partial charge < -0.3 is 9.73 Å². The predicted octanol–water partition coefficient (Wildman–Crippen LogP) is 3.48. The first-order valence-corrected chi connectivity index (χ1v) is 9.89. The van der Waals surface area contributed by atoms with Gasteiger partial charge >= 0.3 is 0 Å². The summed E-state index contributed by atoms with van der Waals surface area (Å²) in [5.74, 6) is -0.0669. The SMILES string of the molecule is O=C(Nc1cn(C2CCCCC2)nc1-c1cnccn1)c1coc(-c2cn[nH]c2)n1. The Bertz CT molecular complexity index is 1130. The van der Waals surface area contributed by atoms with Crippen molar-refractivity contribution in [2.24, 2.45) is 0 Å². The van der Waals surface area contributed by atoms with Gasteiger partial charge in [-0.25, -0.2) is 4.98 Å². The second kappa shape index (κ2) is 7.90. The number of hydrogen-bond acceptors (Lipinski definition) is 7. The molecule has 30 heavy (non-hydrogen) atoms. The molecule has 0 bridgehead atoms. The lowest BCUT2D eigenvalue weighted by molar-refractivity contribution is 0.102. The molecule has 0 radical (unpaired) electrons. The Hall–Kier alpha value is -3.82. The van der Waals surface area contributed by atoms with Crippen molar-refractivity contribution in [1.82, 2.24) is 34.9 Å². The van der Waals surface area contributed by atoms with Crippen molar-refractivity contribution >= 4 is 11.6 Å². The van der Waals surface area contributed by atoms with Crippen LogP contribution in [0.4, 0.5) is 5.69 Å². The number of hydrogen-bond donors (Lipinski definition) is 2. The smallest absolute Gasteiger partial charge is 0.277 e. The monoisotopic (exact) mass is 404 g/mol. The van der Waals surface area contributed by atoms with Crippen LogP contribution in [0.15, 0.2) is 47.9 Å². The van der Waals surface area contributed by atoms with Gasteiger partial charge in [0.15, 0.2) is 5.69 Å². The fraction of sp³-hybridized carbons (Fsp3) is 0.300. The standard InChI is InChI=1S/C20H20N8O2/c29-19(17-12-30-20(26-17)13-8-23-24-9-13)25-16-11-28(14-4-2-1-3-5-14)27-18(16)15-10-21-6-7-22-15/h6-12,14H,1-5H2,(H,23,24)(H,25,29). The van der Waals surface area contributed by atoms with E-state index >= 15 is 0 Å². The summed E-state index contributed by atoms with van der Waals surface area (Å²) >= 11 is 0.